The Bertz CT molecular complexity index is 644. The summed E-state index contributed by atoms with van der Waals surface area (Å²) in [7, 11) is 0. The zero-order chi connectivity index (χ0) is 16.3. The number of nitrogens with one attached hydrogen (secondary N) is 1. The van der Waals surface area contributed by atoms with Crippen molar-refractivity contribution in [2.75, 3.05) is 11.9 Å². The molecule has 0 bridgehead atoms. The fourth-order valence-electron chi connectivity index (χ4n) is 3.08. The SMILES string of the molecule is CC1(CNc2ccc(-c3ccc(F)cc3)nn2)CCCCC1O. The summed E-state index contributed by atoms with van der Waals surface area (Å²) >= 11 is 0. The molecule has 5 heteroatoms. The van der Waals surface area contributed by atoms with Crippen molar-refractivity contribution >= 4 is 5.82 Å². The predicted molar refractivity (Wildman–Crippen MR) is 88.5 cm³/mol. The number of hydrogen-bond acceptors (Lipinski definition) is 4. The van der Waals surface area contributed by atoms with Crippen molar-refractivity contribution < 1.29 is 9.50 Å². The van der Waals surface area contributed by atoms with Gasteiger partial charge in [-0.25, -0.2) is 4.39 Å². The topological polar surface area (TPSA) is 58.0 Å². The van der Waals surface area contributed by atoms with E-state index in [9.17, 15) is 9.50 Å². The second-order valence-electron chi connectivity index (χ2n) is 6.58. The van der Waals surface area contributed by atoms with E-state index < -0.39 is 0 Å². The molecular weight excluding hydrogens is 293 g/mol. The predicted octanol–water partition coefficient (Wildman–Crippen LogP) is 3.64. The van der Waals surface area contributed by atoms with Gasteiger partial charge in [0.2, 0.25) is 0 Å². The van der Waals surface area contributed by atoms with Crippen LogP contribution >= 0.6 is 0 Å². The zero-order valence-corrected chi connectivity index (χ0v) is 13.3. The molecule has 1 aromatic heterocycles. The number of benzene rings is 1. The first kappa shape index (κ1) is 15.9. The quantitative estimate of drug-likeness (QED) is 0.904. The van der Waals surface area contributed by atoms with Crippen LogP contribution in [0.1, 0.15) is 32.6 Å². The highest BCUT2D eigenvalue weighted by Gasteiger charge is 2.35. The van der Waals surface area contributed by atoms with Gasteiger partial charge >= 0.3 is 0 Å². The number of aliphatic hydroxyl groups is 1. The van der Waals surface area contributed by atoms with E-state index in [0.717, 1.165) is 31.2 Å². The number of aromatic nitrogens is 2. The third kappa shape index (κ3) is 3.67. The van der Waals surface area contributed by atoms with Crippen LogP contribution in [0.25, 0.3) is 11.3 Å². The van der Waals surface area contributed by atoms with E-state index in [1.807, 2.05) is 12.1 Å². The molecule has 0 amide bonds. The van der Waals surface area contributed by atoms with Gasteiger partial charge in [0.05, 0.1) is 11.8 Å². The van der Waals surface area contributed by atoms with Gasteiger partial charge in [-0.2, -0.15) is 0 Å². The Labute approximate surface area is 135 Å². The molecule has 0 aliphatic heterocycles. The lowest BCUT2D eigenvalue weighted by Crippen LogP contribution is -2.41. The third-order valence-corrected chi connectivity index (χ3v) is 4.76. The van der Waals surface area contributed by atoms with E-state index >= 15 is 0 Å². The molecule has 0 radical (unpaired) electrons. The van der Waals surface area contributed by atoms with Gasteiger partial charge in [0.15, 0.2) is 0 Å². The minimum Gasteiger partial charge on any atom is -0.392 e. The van der Waals surface area contributed by atoms with Crippen LogP contribution in [-0.4, -0.2) is 28.0 Å². The van der Waals surface area contributed by atoms with Crippen molar-refractivity contribution in [3.05, 3.63) is 42.2 Å². The maximum absolute atomic E-state index is 12.9. The molecule has 0 saturated heterocycles. The fraction of sp³-hybridized carbons (Fsp3) is 0.444. The maximum atomic E-state index is 12.9. The van der Waals surface area contributed by atoms with Crippen molar-refractivity contribution in [3.8, 4) is 11.3 Å². The van der Waals surface area contributed by atoms with Gasteiger partial charge in [-0.1, -0.05) is 19.8 Å². The number of anilines is 1. The molecule has 2 N–H and O–H groups in total. The molecule has 0 spiro atoms. The molecule has 1 aliphatic rings. The fourth-order valence-corrected chi connectivity index (χ4v) is 3.08. The zero-order valence-electron chi connectivity index (χ0n) is 13.3. The average molecular weight is 315 g/mol. The Balaban J connectivity index is 1.64. The Hall–Kier alpha value is -2.01. The summed E-state index contributed by atoms with van der Waals surface area (Å²) in [4.78, 5) is 0. The summed E-state index contributed by atoms with van der Waals surface area (Å²) in [6.45, 7) is 2.79. The van der Waals surface area contributed by atoms with Crippen LogP contribution in [0.15, 0.2) is 36.4 Å². The first-order chi connectivity index (χ1) is 11.1. The number of rotatable bonds is 4. The molecule has 2 unspecified atom stereocenters. The highest BCUT2D eigenvalue weighted by atomic mass is 19.1. The maximum Gasteiger partial charge on any atom is 0.148 e. The van der Waals surface area contributed by atoms with Gasteiger partial charge in [-0.3, -0.25) is 0 Å². The van der Waals surface area contributed by atoms with E-state index in [-0.39, 0.29) is 17.3 Å². The lowest BCUT2D eigenvalue weighted by molar-refractivity contribution is 0.00957. The smallest absolute Gasteiger partial charge is 0.148 e. The summed E-state index contributed by atoms with van der Waals surface area (Å²) in [5, 5.41) is 21.9. The van der Waals surface area contributed by atoms with Crippen molar-refractivity contribution in [1.29, 1.82) is 0 Å². The van der Waals surface area contributed by atoms with Gasteiger partial charge < -0.3 is 10.4 Å². The number of nitrogens with zero attached hydrogens (tertiary/aromatic N) is 2. The van der Waals surface area contributed by atoms with E-state index in [4.69, 9.17) is 0 Å². The Morgan fingerprint density at radius 1 is 1.17 bits per heavy atom. The van der Waals surface area contributed by atoms with Crippen LogP contribution in [0.5, 0.6) is 0 Å². The summed E-state index contributed by atoms with van der Waals surface area (Å²) in [6.07, 6.45) is 3.87. The molecule has 1 saturated carbocycles. The van der Waals surface area contributed by atoms with Gasteiger partial charge in [-0.15, -0.1) is 10.2 Å². The van der Waals surface area contributed by atoms with Crippen molar-refractivity contribution in [2.24, 2.45) is 5.41 Å². The van der Waals surface area contributed by atoms with Crippen LogP contribution < -0.4 is 5.32 Å². The van der Waals surface area contributed by atoms with Crippen molar-refractivity contribution in [1.82, 2.24) is 10.2 Å². The molecule has 122 valence electrons. The lowest BCUT2D eigenvalue weighted by Gasteiger charge is -2.38. The Kier molecular flexibility index (Phi) is 4.57. The molecular formula is C18H22FN3O. The number of halogens is 1. The number of hydrogen-bond donors (Lipinski definition) is 2. The van der Waals surface area contributed by atoms with Gasteiger partial charge in [-0.05, 0) is 49.2 Å². The average Bonchev–Trinajstić information content (AvgIpc) is 2.57. The van der Waals surface area contributed by atoms with Crippen LogP contribution in [0, 0.1) is 11.2 Å². The van der Waals surface area contributed by atoms with Crippen LogP contribution in [0.4, 0.5) is 10.2 Å². The Morgan fingerprint density at radius 2 is 1.96 bits per heavy atom. The molecule has 1 fully saturated rings. The molecule has 1 aliphatic carbocycles. The first-order valence-corrected chi connectivity index (χ1v) is 8.08. The van der Waals surface area contributed by atoms with E-state index in [1.54, 1.807) is 12.1 Å². The minimum absolute atomic E-state index is 0.116. The van der Waals surface area contributed by atoms with Crippen molar-refractivity contribution in [2.45, 2.75) is 38.7 Å². The normalized spacial score (nSPS) is 24.4. The lowest BCUT2D eigenvalue weighted by atomic mass is 9.73. The Morgan fingerprint density at radius 3 is 2.61 bits per heavy atom. The molecule has 3 rings (SSSR count). The van der Waals surface area contributed by atoms with Gasteiger partial charge in [0, 0.05) is 17.5 Å². The van der Waals surface area contributed by atoms with Gasteiger partial charge in [0.1, 0.15) is 11.6 Å². The highest BCUT2D eigenvalue weighted by molar-refractivity contribution is 5.59. The molecule has 1 heterocycles. The van der Waals surface area contributed by atoms with E-state index in [1.165, 1.54) is 12.1 Å². The van der Waals surface area contributed by atoms with E-state index in [2.05, 4.69) is 22.4 Å². The molecule has 2 aromatic rings. The monoisotopic (exact) mass is 315 g/mol. The van der Waals surface area contributed by atoms with Crippen LogP contribution in [0.3, 0.4) is 0 Å². The van der Waals surface area contributed by atoms with Gasteiger partial charge in [0.25, 0.3) is 0 Å². The highest BCUT2D eigenvalue weighted by Crippen LogP contribution is 2.36. The van der Waals surface area contributed by atoms with E-state index in [0.29, 0.717) is 18.1 Å². The minimum atomic E-state index is -0.268. The third-order valence-electron chi connectivity index (χ3n) is 4.76. The van der Waals surface area contributed by atoms with Crippen molar-refractivity contribution in [3.63, 3.8) is 0 Å². The molecule has 1 aromatic carbocycles. The van der Waals surface area contributed by atoms with Crippen LogP contribution in [-0.2, 0) is 0 Å². The second-order valence-corrected chi connectivity index (χ2v) is 6.58. The number of aliphatic hydroxyl groups excluding tert-OH is 1. The molecule has 2 atom stereocenters. The summed E-state index contributed by atoms with van der Waals surface area (Å²) in [5.41, 5.74) is 1.43. The largest absolute Gasteiger partial charge is 0.392 e. The summed E-state index contributed by atoms with van der Waals surface area (Å²) in [6, 6.07) is 9.92. The standard InChI is InChI=1S/C18H22FN3O/c1-18(11-3-2-4-16(18)23)12-20-17-10-9-15(21-22-17)13-5-7-14(19)8-6-13/h5-10,16,23H,2-4,11-12H2,1H3,(H,20,22). The summed E-state index contributed by atoms with van der Waals surface area (Å²) < 4.78 is 12.9. The molecule has 4 nitrogen and oxygen atoms in total. The summed E-state index contributed by atoms with van der Waals surface area (Å²) in [5.74, 6) is 0.425. The molecule has 23 heavy (non-hydrogen) atoms. The first-order valence-electron chi connectivity index (χ1n) is 8.08. The second kappa shape index (κ2) is 6.62. The van der Waals surface area contributed by atoms with Crippen LogP contribution in [0.2, 0.25) is 0 Å².